The first-order valence-electron chi connectivity index (χ1n) is 7.06. The van der Waals surface area contributed by atoms with Gasteiger partial charge >= 0.3 is 0 Å². The summed E-state index contributed by atoms with van der Waals surface area (Å²) in [5.74, 6) is 1.18. The molecule has 2 heterocycles. The molecule has 6 heteroatoms. The lowest BCUT2D eigenvalue weighted by molar-refractivity contribution is 0.0686. The first-order chi connectivity index (χ1) is 9.24. The quantitative estimate of drug-likeness (QED) is 0.877. The number of aromatic nitrogens is 2. The second-order valence-electron chi connectivity index (χ2n) is 5.52. The second kappa shape index (κ2) is 5.28. The molecule has 0 aromatic carbocycles. The molecule has 104 valence electrons. The molecule has 1 saturated carbocycles. The molecule has 0 radical (unpaired) electrons. The fraction of sp³-hybridized carbons (Fsp3) is 0.769. The van der Waals surface area contributed by atoms with Crippen LogP contribution in [0.4, 0.5) is 0 Å². The van der Waals surface area contributed by atoms with E-state index in [9.17, 15) is 4.79 Å². The van der Waals surface area contributed by atoms with Gasteiger partial charge in [-0.1, -0.05) is 5.16 Å². The molecule has 2 aliphatic rings. The third kappa shape index (κ3) is 2.94. The van der Waals surface area contributed by atoms with Crippen LogP contribution in [0, 0.1) is 12.8 Å². The first kappa shape index (κ1) is 12.6. The van der Waals surface area contributed by atoms with Gasteiger partial charge in [0.1, 0.15) is 0 Å². The lowest BCUT2D eigenvalue weighted by Gasteiger charge is -2.29. The smallest absolute Gasteiger partial charge is 0.295 e. The summed E-state index contributed by atoms with van der Waals surface area (Å²) in [6.45, 7) is 4.65. The average Bonchev–Trinajstić information content (AvgIpc) is 3.18. The molecule has 0 bridgehead atoms. The van der Waals surface area contributed by atoms with Gasteiger partial charge in [-0.15, -0.1) is 0 Å². The Morgan fingerprint density at radius 1 is 1.37 bits per heavy atom. The van der Waals surface area contributed by atoms with E-state index in [2.05, 4.69) is 15.5 Å². The van der Waals surface area contributed by atoms with Crippen LogP contribution in [-0.2, 0) is 0 Å². The van der Waals surface area contributed by atoms with Crippen LogP contribution < -0.4 is 5.32 Å². The van der Waals surface area contributed by atoms with Gasteiger partial charge in [0.25, 0.3) is 11.7 Å². The number of nitrogens with zero attached hydrogens (tertiary/aromatic N) is 3. The summed E-state index contributed by atoms with van der Waals surface area (Å²) in [5.41, 5.74) is 0. The SMILES string of the molecule is Cc1nc(C(=O)N(CC2CCNCC2)C2CC2)no1. The minimum Gasteiger partial charge on any atom is -0.339 e. The van der Waals surface area contributed by atoms with E-state index < -0.39 is 0 Å². The maximum absolute atomic E-state index is 12.4. The van der Waals surface area contributed by atoms with Crippen molar-refractivity contribution in [3.8, 4) is 0 Å². The van der Waals surface area contributed by atoms with E-state index in [4.69, 9.17) is 4.52 Å². The second-order valence-corrected chi connectivity index (χ2v) is 5.52. The Morgan fingerprint density at radius 3 is 2.68 bits per heavy atom. The van der Waals surface area contributed by atoms with Gasteiger partial charge in [0, 0.05) is 19.5 Å². The first-order valence-corrected chi connectivity index (χ1v) is 7.06. The zero-order chi connectivity index (χ0) is 13.2. The van der Waals surface area contributed by atoms with Gasteiger partial charge in [-0.3, -0.25) is 4.79 Å². The molecule has 1 aliphatic carbocycles. The highest BCUT2D eigenvalue weighted by molar-refractivity contribution is 5.90. The number of carbonyl (C=O) groups excluding carboxylic acids is 1. The van der Waals surface area contributed by atoms with E-state index in [1.54, 1.807) is 6.92 Å². The van der Waals surface area contributed by atoms with Crippen molar-refractivity contribution >= 4 is 5.91 Å². The number of amides is 1. The monoisotopic (exact) mass is 264 g/mol. The van der Waals surface area contributed by atoms with E-state index in [1.165, 1.54) is 0 Å². The summed E-state index contributed by atoms with van der Waals surface area (Å²) in [6, 6.07) is 0.390. The molecule has 19 heavy (non-hydrogen) atoms. The zero-order valence-corrected chi connectivity index (χ0v) is 11.3. The van der Waals surface area contributed by atoms with Crippen molar-refractivity contribution in [3.05, 3.63) is 11.7 Å². The minimum absolute atomic E-state index is 0.0714. The molecular formula is C13H20N4O2. The minimum atomic E-state index is -0.0714. The lowest BCUT2D eigenvalue weighted by atomic mass is 9.97. The van der Waals surface area contributed by atoms with Gasteiger partial charge in [-0.25, -0.2) is 0 Å². The Labute approximate surface area is 112 Å². The van der Waals surface area contributed by atoms with Crippen molar-refractivity contribution in [2.45, 2.75) is 38.6 Å². The number of rotatable bonds is 4. The third-order valence-electron chi connectivity index (χ3n) is 3.88. The fourth-order valence-corrected chi connectivity index (χ4v) is 2.64. The standard InChI is InChI=1S/C13H20N4O2/c1-9-15-12(16-19-9)13(18)17(11-2-3-11)8-10-4-6-14-7-5-10/h10-11,14H,2-8H2,1H3. The Kier molecular flexibility index (Phi) is 3.50. The molecule has 1 aromatic heterocycles. The number of piperidine rings is 1. The van der Waals surface area contributed by atoms with Crippen LogP contribution in [0.3, 0.4) is 0 Å². The summed E-state index contributed by atoms with van der Waals surface area (Å²) in [7, 11) is 0. The number of carbonyl (C=O) groups is 1. The molecule has 0 unspecified atom stereocenters. The molecule has 1 N–H and O–H groups in total. The van der Waals surface area contributed by atoms with Crippen molar-refractivity contribution in [1.29, 1.82) is 0 Å². The summed E-state index contributed by atoms with van der Waals surface area (Å²) < 4.78 is 4.91. The fourth-order valence-electron chi connectivity index (χ4n) is 2.64. The third-order valence-corrected chi connectivity index (χ3v) is 3.88. The summed E-state index contributed by atoms with van der Waals surface area (Å²) in [6.07, 6.45) is 4.49. The topological polar surface area (TPSA) is 71.3 Å². The Bertz CT molecular complexity index is 449. The Hall–Kier alpha value is -1.43. The maximum Gasteiger partial charge on any atom is 0.295 e. The Balaban J connectivity index is 1.68. The van der Waals surface area contributed by atoms with E-state index in [1.807, 2.05) is 4.90 Å². The zero-order valence-electron chi connectivity index (χ0n) is 11.3. The normalized spacial score (nSPS) is 20.5. The van der Waals surface area contributed by atoms with E-state index >= 15 is 0 Å². The molecule has 0 spiro atoms. The molecule has 6 nitrogen and oxygen atoms in total. The lowest BCUT2D eigenvalue weighted by Crippen LogP contribution is -2.41. The molecule has 3 rings (SSSR count). The van der Waals surface area contributed by atoms with Gasteiger partial charge in [0.2, 0.25) is 5.89 Å². The van der Waals surface area contributed by atoms with Gasteiger partial charge in [0.15, 0.2) is 0 Å². The van der Waals surface area contributed by atoms with Crippen LogP contribution in [0.15, 0.2) is 4.52 Å². The van der Waals surface area contributed by atoms with Gasteiger partial charge in [-0.05, 0) is 44.7 Å². The van der Waals surface area contributed by atoms with Crippen LogP contribution in [0.1, 0.15) is 42.2 Å². The molecule has 1 aliphatic heterocycles. The molecule has 1 amide bonds. The van der Waals surface area contributed by atoms with Gasteiger partial charge in [0.05, 0.1) is 0 Å². The van der Waals surface area contributed by atoms with E-state index in [0.717, 1.165) is 45.3 Å². The molecule has 2 fully saturated rings. The van der Waals surface area contributed by atoms with Crippen LogP contribution in [-0.4, -0.2) is 46.6 Å². The Morgan fingerprint density at radius 2 is 2.11 bits per heavy atom. The predicted molar refractivity (Wildman–Crippen MR) is 68.7 cm³/mol. The molecule has 0 atom stereocenters. The number of nitrogens with one attached hydrogen (secondary N) is 1. The number of hydrogen-bond donors (Lipinski definition) is 1. The summed E-state index contributed by atoms with van der Waals surface area (Å²) >= 11 is 0. The van der Waals surface area contributed by atoms with Gasteiger partial charge in [-0.2, -0.15) is 4.98 Å². The van der Waals surface area contributed by atoms with Crippen molar-refractivity contribution < 1.29 is 9.32 Å². The van der Waals surface area contributed by atoms with Crippen LogP contribution in [0.25, 0.3) is 0 Å². The van der Waals surface area contributed by atoms with Gasteiger partial charge < -0.3 is 14.7 Å². The number of aryl methyl sites for hydroxylation is 1. The molecule has 1 aromatic rings. The highest BCUT2D eigenvalue weighted by atomic mass is 16.5. The predicted octanol–water partition coefficient (Wildman–Crippen LogP) is 0.982. The van der Waals surface area contributed by atoms with Crippen LogP contribution in [0.5, 0.6) is 0 Å². The highest BCUT2D eigenvalue weighted by Gasteiger charge is 2.36. The van der Waals surface area contributed by atoms with Crippen molar-refractivity contribution in [2.75, 3.05) is 19.6 Å². The molecule has 1 saturated heterocycles. The van der Waals surface area contributed by atoms with Crippen molar-refractivity contribution in [1.82, 2.24) is 20.4 Å². The summed E-state index contributed by atoms with van der Waals surface area (Å²) in [5, 5.41) is 7.10. The maximum atomic E-state index is 12.4. The van der Waals surface area contributed by atoms with E-state index in [0.29, 0.717) is 17.9 Å². The largest absolute Gasteiger partial charge is 0.339 e. The van der Waals surface area contributed by atoms with Crippen LogP contribution >= 0.6 is 0 Å². The average molecular weight is 264 g/mol. The van der Waals surface area contributed by atoms with Crippen LogP contribution in [0.2, 0.25) is 0 Å². The summed E-state index contributed by atoms with van der Waals surface area (Å²) in [4.78, 5) is 18.5. The van der Waals surface area contributed by atoms with Crippen molar-refractivity contribution in [3.63, 3.8) is 0 Å². The van der Waals surface area contributed by atoms with Crippen molar-refractivity contribution in [2.24, 2.45) is 5.92 Å². The van der Waals surface area contributed by atoms with E-state index in [-0.39, 0.29) is 11.7 Å². The number of hydrogen-bond acceptors (Lipinski definition) is 5. The highest BCUT2D eigenvalue weighted by Crippen LogP contribution is 2.30. The molecular weight excluding hydrogens is 244 g/mol.